The second kappa shape index (κ2) is 8.75. The van der Waals surface area contributed by atoms with Crippen molar-refractivity contribution in [2.75, 3.05) is 13.7 Å². The molecular formula is C19H29F2N3O2. The molecule has 26 heavy (non-hydrogen) atoms. The summed E-state index contributed by atoms with van der Waals surface area (Å²) in [4.78, 5) is 18.0. The molecule has 2 rings (SSSR count). The third kappa shape index (κ3) is 4.50. The van der Waals surface area contributed by atoms with Crippen molar-refractivity contribution < 1.29 is 18.4 Å². The van der Waals surface area contributed by atoms with Crippen molar-refractivity contribution in [3.05, 3.63) is 29.1 Å². The zero-order chi connectivity index (χ0) is 19.4. The van der Waals surface area contributed by atoms with Gasteiger partial charge in [0.2, 0.25) is 0 Å². The quantitative estimate of drug-likeness (QED) is 0.529. The molecule has 0 N–H and O–H groups in total. The number of halogens is 2. The number of carbonyl (C=O) groups excluding carboxylic acids is 1. The van der Waals surface area contributed by atoms with E-state index in [0.29, 0.717) is 18.4 Å². The van der Waals surface area contributed by atoms with Gasteiger partial charge in [-0.2, -0.15) is 5.10 Å². The molecule has 1 aliphatic carbocycles. The Morgan fingerprint density at radius 1 is 1.46 bits per heavy atom. The third-order valence-electron chi connectivity index (χ3n) is 5.19. The highest BCUT2D eigenvalue weighted by molar-refractivity contribution is 5.94. The highest BCUT2D eigenvalue weighted by atomic mass is 19.3. The van der Waals surface area contributed by atoms with Crippen molar-refractivity contribution >= 4 is 5.91 Å². The Kier molecular flexibility index (Phi) is 6.92. The highest BCUT2D eigenvalue weighted by Crippen LogP contribution is 2.35. The first-order valence-electron chi connectivity index (χ1n) is 9.16. The lowest BCUT2D eigenvalue weighted by molar-refractivity contribution is -0.107. The van der Waals surface area contributed by atoms with Gasteiger partial charge in [-0.15, -0.1) is 0 Å². The van der Waals surface area contributed by atoms with E-state index in [1.165, 1.54) is 35.7 Å². The Morgan fingerprint density at radius 3 is 2.69 bits per heavy atom. The van der Waals surface area contributed by atoms with Crippen LogP contribution in [0.25, 0.3) is 0 Å². The molecular weight excluding hydrogens is 340 g/mol. The van der Waals surface area contributed by atoms with E-state index in [2.05, 4.69) is 31.9 Å². The van der Waals surface area contributed by atoms with Crippen molar-refractivity contribution in [3.63, 3.8) is 0 Å². The van der Waals surface area contributed by atoms with Crippen molar-refractivity contribution in [2.45, 2.75) is 46.5 Å². The lowest BCUT2D eigenvalue weighted by Gasteiger charge is -2.34. The molecule has 0 bridgehead atoms. The summed E-state index contributed by atoms with van der Waals surface area (Å²) in [6, 6.07) is 0. The van der Waals surface area contributed by atoms with Crippen molar-refractivity contribution in [2.24, 2.45) is 24.8 Å². The number of hydroxylamine groups is 2. The van der Waals surface area contributed by atoms with Crippen molar-refractivity contribution in [3.8, 4) is 0 Å². The molecule has 0 saturated carbocycles. The van der Waals surface area contributed by atoms with Crippen LogP contribution in [0.3, 0.4) is 0 Å². The summed E-state index contributed by atoms with van der Waals surface area (Å²) in [5.41, 5.74) is 0.847. The van der Waals surface area contributed by atoms with Gasteiger partial charge in [0.05, 0.1) is 19.2 Å². The van der Waals surface area contributed by atoms with Crippen LogP contribution in [0, 0.1) is 17.8 Å². The van der Waals surface area contributed by atoms with Crippen LogP contribution in [0.2, 0.25) is 0 Å². The second-order valence-electron chi connectivity index (χ2n) is 7.22. The minimum absolute atomic E-state index is 0.105. The molecule has 0 aliphatic heterocycles. The summed E-state index contributed by atoms with van der Waals surface area (Å²) in [5, 5.41) is 4.91. The largest absolute Gasteiger partial charge is 0.282 e. The van der Waals surface area contributed by atoms with Gasteiger partial charge >= 0.3 is 0 Å². The average Bonchev–Trinajstić information content (AvgIpc) is 3.01. The summed E-state index contributed by atoms with van der Waals surface area (Å²) in [7, 11) is 2.92. The maximum absolute atomic E-state index is 13.2. The zero-order valence-electron chi connectivity index (χ0n) is 16.2. The van der Waals surface area contributed by atoms with Gasteiger partial charge in [0.1, 0.15) is 5.69 Å². The third-order valence-corrected chi connectivity index (χ3v) is 5.19. The maximum Gasteiger partial charge on any atom is 0.282 e. The number of nitrogens with zero attached hydrogens (tertiary/aromatic N) is 3. The molecule has 1 aromatic heterocycles. The van der Waals surface area contributed by atoms with Crippen LogP contribution in [0.15, 0.2) is 17.8 Å². The topological polar surface area (TPSA) is 47.4 Å². The van der Waals surface area contributed by atoms with Crippen LogP contribution in [-0.2, 0) is 11.9 Å². The minimum atomic E-state index is -2.80. The fraction of sp³-hybridized carbons (Fsp3) is 0.684. The fourth-order valence-corrected chi connectivity index (χ4v) is 3.64. The number of hydrogen-bond donors (Lipinski definition) is 0. The first-order chi connectivity index (χ1) is 12.3. The number of alkyl halides is 2. The summed E-state index contributed by atoms with van der Waals surface area (Å²) < 4.78 is 27.6. The Balaban J connectivity index is 2.18. The summed E-state index contributed by atoms with van der Waals surface area (Å²) >= 11 is 0. The second-order valence-corrected chi connectivity index (χ2v) is 7.22. The number of allylic oxidation sites excluding steroid dienone is 2. The molecule has 2 atom stereocenters. The number of aryl methyl sites for hydroxylation is 1. The van der Waals surface area contributed by atoms with Gasteiger partial charge in [-0.05, 0) is 37.0 Å². The summed E-state index contributed by atoms with van der Waals surface area (Å²) in [6.07, 6.45) is 3.78. The Bertz CT molecular complexity index is 655. The zero-order valence-corrected chi connectivity index (χ0v) is 16.2. The van der Waals surface area contributed by atoms with Crippen molar-refractivity contribution in [1.29, 1.82) is 0 Å². The predicted octanol–water partition coefficient (Wildman–Crippen LogP) is 4.38. The van der Waals surface area contributed by atoms with E-state index in [1.807, 2.05) is 0 Å². The van der Waals surface area contributed by atoms with Gasteiger partial charge in [-0.25, -0.2) is 13.8 Å². The molecule has 0 radical (unpaired) electrons. The normalized spacial score (nSPS) is 20.6. The molecule has 7 heteroatoms. The van der Waals surface area contributed by atoms with Gasteiger partial charge in [-0.3, -0.25) is 14.3 Å². The van der Waals surface area contributed by atoms with E-state index in [-0.39, 0.29) is 11.5 Å². The lowest BCUT2D eigenvalue weighted by Crippen LogP contribution is -2.38. The molecule has 1 heterocycles. The number of amides is 1. The molecule has 1 aliphatic rings. The Morgan fingerprint density at radius 2 is 2.15 bits per heavy atom. The first-order valence-corrected chi connectivity index (χ1v) is 9.16. The molecule has 1 amide bonds. The smallest absolute Gasteiger partial charge is 0.275 e. The summed E-state index contributed by atoms with van der Waals surface area (Å²) in [5.74, 6) is 0.562. The van der Waals surface area contributed by atoms with Crippen molar-refractivity contribution in [1.82, 2.24) is 14.8 Å². The molecule has 0 fully saturated rings. The summed E-state index contributed by atoms with van der Waals surface area (Å²) in [6.45, 7) is 6.90. The lowest BCUT2D eigenvalue weighted by atomic mass is 9.76. The van der Waals surface area contributed by atoms with E-state index in [4.69, 9.17) is 4.84 Å². The maximum atomic E-state index is 13.2. The molecule has 0 spiro atoms. The molecule has 1 aromatic rings. The number of rotatable bonds is 7. The van der Waals surface area contributed by atoms with Crippen LogP contribution in [0.4, 0.5) is 8.78 Å². The van der Waals surface area contributed by atoms with E-state index in [1.54, 1.807) is 0 Å². The first kappa shape index (κ1) is 20.6. The Hall–Kier alpha value is -1.76. The standard InChI is InChI=1S/C19H29F2N3O2/c1-6-13-9-14(12(2)3)7-8-15(13)10-24(26-5)19(25)16-11-23(4)22-17(16)18(20)21/h9,11-13,15,18H,6-8,10H2,1-5H3. The van der Waals surface area contributed by atoms with E-state index < -0.39 is 18.0 Å². The molecule has 2 unspecified atom stereocenters. The van der Waals surface area contributed by atoms with Gasteiger partial charge in [0.25, 0.3) is 12.3 Å². The molecule has 146 valence electrons. The van der Waals surface area contributed by atoms with Gasteiger partial charge < -0.3 is 0 Å². The number of carbonyl (C=O) groups is 1. The fourth-order valence-electron chi connectivity index (χ4n) is 3.64. The van der Waals surface area contributed by atoms with Crippen LogP contribution in [0.1, 0.15) is 62.5 Å². The van der Waals surface area contributed by atoms with Crippen LogP contribution >= 0.6 is 0 Å². The van der Waals surface area contributed by atoms with E-state index >= 15 is 0 Å². The highest BCUT2D eigenvalue weighted by Gasteiger charge is 2.31. The molecule has 0 aromatic carbocycles. The van der Waals surface area contributed by atoms with E-state index in [9.17, 15) is 13.6 Å². The van der Waals surface area contributed by atoms with Gasteiger partial charge in [0, 0.05) is 13.2 Å². The average molecular weight is 369 g/mol. The number of aromatic nitrogens is 2. The van der Waals surface area contributed by atoms with Gasteiger partial charge in [-0.1, -0.05) is 32.4 Å². The number of hydrogen-bond acceptors (Lipinski definition) is 3. The minimum Gasteiger partial charge on any atom is -0.275 e. The van der Waals surface area contributed by atoms with Crippen LogP contribution < -0.4 is 0 Å². The molecule has 5 nitrogen and oxygen atoms in total. The Labute approximate surface area is 154 Å². The van der Waals surface area contributed by atoms with Crippen LogP contribution in [0.5, 0.6) is 0 Å². The van der Waals surface area contributed by atoms with Crippen LogP contribution in [-0.4, -0.2) is 34.4 Å². The predicted molar refractivity (Wildman–Crippen MR) is 95.6 cm³/mol. The van der Waals surface area contributed by atoms with E-state index in [0.717, 1.165) is 19.3 Å². The van der Waals surface area contributed by atoms with Gasteiger partial charge in [0.15, 0.2) is 0 Å². The SMILES string of the molecule is CCC1C=C(C(C)C)CCC1CN(OC)C(=O)c1cn(C)nc1C(F)F. The molecule has 0 saturated heterocycles. The monoisotopic (exact) mass is 369 g/mol.